The molecule has 1 saturated heterocycles. The first-order chi connectivity index (χ1) is 8.01. The van der Waals surface area contributed by atoms with E-state index in [9.17, 15) is 0 Å². The number of ether oxygens (including phenoxy) is 1. The quantitative estimate of drug-likeness (QED) is 0.729. The molecule has 2 aliphatic carbocycles. The lowest BCUT2D eigenvalue weighted by Gasteiger charge is -2.59. The average molecular weight is 237 g/mol. The van der Waals surface area contributed by atoms with Gasteiger partial charge >= 0.3 is 0 Å². The maximum Gasteiger partial charge on any atom is 0.0538 e. The van der Waals surface area contributed by atoms with E-state index in [0.717, 1.165) is 17.9 Å². The highest BCUT2D eigenvalue weighted by Crippen LogP contribution is 2.54. The van der Waals surface area contributed by atoms with Gasteiger partial charge in [0, 0.05) is 25.0 Å². The molecule has 1 heterocycles. The van der Waals surface area contributed by atoms with Crippen LogP contribution in [0.15, 0.2) is 0 Å². The molecule has 0 aromatic heterocycles. The molecule has 3 aliphatic rings. The summed E-state index contributed by atoms with van der Waals surface area (Å²) in [6.07, 6.45) is 6.14. The van der Waals surface area contributed by atoms with Crippen LogP contribution >= 0.6 is 0 Å². The predicted octanol–water partition coefficient (Wildman–Crippen LogP) is 2.92. The lowest BCUT2D eigenvalue weighted by atomic mass is 9.58. The molecule has 0 amide bonds. The third-order valence-electron chi connectivity index (χ3n) is 4.92. The van der Waals surface area contributed by atoms with Crippen molar-refractivity contribution in [2.45, 2.75) is 52.6 Å². The van der Waals surface area contributed by atoms with Crippen LogP contribution in [0.2, 0.25) is 0 Å². The minimum Gasteiger partial charge on any atom is -0.378 e. The van der Waals surface area contributed by atoms with Crippen molar-refractivity contribution < 1.29 is 4.74 Å². The Balaban J connectivity index is 1.40. The lowest BCUT2D eigenvalue weighted by molar-refractivity contribution is -0.102. The summed E-state index contributed by atoms with van der Waals surface area (Å²) in [7, 11) is 0. The van der Waals surface area contributed by atoms with Gasteiger partial charge in [0.05, 0.1) is 12.7 Å². The molecule has 0 aromatic carbocycles. The second kappa shape index (κ2) is 3.96. The molecule has 3 rings (SSSR count). The summed E-state index contributed by atoms with van der Waals surface area (Å²) >= 11 is 0. The number of hydrogen-bond acceptors (Lipinski definition) is 2. The van der Waals surface area contributed by atoms with Crippen molar-refractivity contribution in [3.63, 3.8) is 0 Å². The van der Waals surface area contributed by atoms with Gasteiger partial charge in [-0.05, 0) is 50.9 Å². The van der Waals surface area contributed by atoms with E-state index in [4.69, 9.17) is 4.74 Å². The SMILES string of the molecule is CC1CC2(C1)CN(CC1(COC(C)C)CC1)C2. The van der Waals surface area contributed by atoms with Crippen LogP contribution in [-0.2, 0) is 4.74 Å². The zero-order valence-electron chi connectivity index (χ0n) is 11.7. The molecule has 1 aliphatic heterocycles. The second-order valence-electron chi connectivity index (χ2n) is 7.52. The Hall–Kier alpha value is -0.0800. The molecule has 0 aromatic rings. The minimum absolute atomic E-state index is 0.391. The first-order valence-corrected chi connectivity index (χ1v) is 7.35. The van der Waals surface area contributed by atoms with Gasteiger partial charge in [0.25, 0.3) is 0 Å². The van der Waals surface area contributed by atoms with Crippen LogP contribution in [0.5, 0.6) is 0 Å². The van der Waals surface area contributed by atoms with E-state index in [1.165, 1.54) is 45.3 Å². The first-order valence-electron chi connectivity index (χ1n) is 7.35. The van der Waals surface area contributed by atoms with Crippen LogP contribution in [0.1, 0.15) is 46.5 Å². The fraction of sp³-hybridized carbons (Fsp3) is 1.00. The minimum atomic E-state index is 0.391. The Labute approximate surface area is 106 Å². The smallest absolute Gasteiger partial charge is 0.0538 e. The number of rotatable bonds is 5. The fourth-order valence-electron chi connectivity index (χ4n) is 4.03. The van der Waals surface area contributed by atoms with E-state index in [2.05, 4.69) is 25.7 Å². The van der Waals surface area contributed by atoms with Crippen LogP contribution in [0.3, 0.4) is 0 Å². The molecule has 0 N–H and O–H groups in total. The van der Waals surface area contributed by atoms with Crippen molar-refractivity contribution in [1.29, 1.82) is 0 Å². The summed E-state index contributed by atoms with van der Waals surface area (Å²) < 4.78 is 5.82. The van der Waals surface area contributed by atoms with Crippen LogP contribution in [-0.4, -0.2) is 37.2 Å². The van der Waals surface area contributed by atoms with Crippen molar-refractivity contribution in [3.8, 4) is 0 Å². The topological polar surface area (TPSA) is 12.5 Å². The van der Waals surface area contributed by atoms with Crippen LogP contribution in [0, 0.1) is 16.7 Å². The number of nitrogens with zero attached hydrogens (tertiary/aromatic N) is 1. The average Bonchev–Trinajstić information content (AvgIpc) is 2.90. The van der Waals surface area contributed by atoms with Crippen LogP contribution < -0.4 is 0 Å². The molecule has 17 heavy (non-hydrogen) atoms. The Kier molecular flexibility index (Phi) is 2.79. The van der Waals surface area contributed by atoms with E-state index >= 15 is 0 Å². The number of likely N-dealkylation sites (tertiary alicyclic amines) is 1. The Bertz CT molecular complexity index is 281. The van der Waals surface area contributed by atoms with Gasteiger partial charge in [-0.2, -0.15) is 0 Å². The molecule has 2 nitrogen and oxygen atoms in total. The summed E-state index contributed by atoms with van der Waals surface area (Å²) in [6, 6.07) is 0. The fourth-order valence-corrected chi connectivity index (χ4v) is 4.03. The molecule has 2 saturated carbocycles. The molecule has 1 spiro atoms. The monoisotopic (exact) mass is 237 g/mol. The normalized spacial score (nSPS) is 30.4. The zero-order valence-corrected chi connectivity index (χ0v) is 11.7. The van der Waals surface area contributed by atoms with Gasteiger partial charge in [0.2, 0.25) is 0 Å². The van der Waals surface area contributed by atoms with Crippen molar-refractivity contribution in [2.24, 2.45) is 16.7 Å². The molecule has 0 radical (unpaired) electrons. The second-order valence-corrected chi connectivity index (χ2v) is 7.52. The summed E-state index contributed by atoms with van der Waals surface area (Å²) in [6.45, 7) is 11.7. The van der Waals surface area contributed by atoms with Crippen molar-refractivity contribution in [3.05, 3.63) is 0 Å². The molecule has 0 atom stereocenters. The predicted molar refractivity (Wildman–Crippen MR) is 70.0 cm³/mol. The summed E-state index contributed by atoms with van der Waals surface area (Å²) in [5.74, 6) is 0.997. The van der Waals surface area contributed by atoms with E-state index in [1.807, 2.05) is 0 Å². The first kappa shape index (κ1) is 12.0. The molecule has 0 bridgehead atoms. The maximum absolute atomic E-state index is 5.82. The Morgan fingerprint density at radius 2 is 1.88 bits per heavy atom. The highest BCUT2D eigenvalue weighted by molar-refractivity contribution is 5.06. The molecular weight excluding hydrogens is 210 g/mol. The van der Waals surface area contributed by atoms with Crippen molar-refractivity contribution in [1.82, 2.24) is 4.90 Å². The van der Waals surface area contributed by atoms with Crippen molar-refractivity contribution in [2.75, 3.05) is 26.2 Å². The van der Waals surface area contributed by atoms with E-state index in [0.29, 0.717) is 11.5 Å². The molecule has 98 valence electrons. The third-order valence-corrected chi connectivity index (χ3v) is 4.92. The Morgan fingerprint density at radius 3 is 2.35 bits per heavy atom. The zero-order chi connectivity index (χ0) is 12.1. The highest BCUT2D eigenvalue weighted by atomic mass is 16.5. The van der Waals surface area contributed by atoms with Gasteiger partial charge in [-0.3, -0.25) is 0 Å². The van der Waals surface area contributed by atoms with Gasteiger partial charge in [0.15, 0.2) is 0 Å². The largest absolute Gasteiger partial charge is 0.378 e. The maximum atomic E-state index is 5.82. The van der Waals surface area contributed by atoms with E-state index in [1.54, 1.807) is 0 Å². The molecule has 2 heteroatoms. The van der Waals surface area contributed by atoms with Crippen LogP contribution in [0.25, 0.3) is 0 Å². The molecule has 3 fully saturated rings. The van der Waals surface area contributed by atoms with Gasteiger partial charge in [0.1, 0.15) is 0 Å². The van der Waals surface area contributed by atoms with Crippen LogP contribution in [0.4, 0.5) is 0 Å². The summed E-state index contributed by atoms with van der Waals surface area (Å²) in [4.78, 5) is 2.68. The van der Waals surface area contributed by atoms with Gasteiger partial charge in [-0.15, -0.1) is 0 Å². The summed E-state index contributed by atoms with van der Waals surface area (Å²) in [5.41, 5.74) is 1.30. The highest BCUT2D eigenvalue weighted by Gasteiger charge is 2.54. The summed E-state index contributed by atoms with van der Waals surface area (Å²) in [5, 5.41) is 0. The van der Waals surface area contributed by atoms with Crippen molar-refractivity contribution >= 4 is 0 Å². The van der Waals surface area contributed by atoms with E-state index in [-0.39, 0.29) is 0 Å². The van der Waals surface area contributed by atoms with Gasteiger partial charge in [-0.1, -0.05) is 6.92 Å². The van der Waals surface area contributed by atoms with E-state index < -0.39 is 0 Å². The number of hydrogen-bond donors (Lipinski definition) is 0. The standard InChI is InChI=1S/C15H27NO/c1-12(2)17-11-14(4-5-14)8-16-9-15(10-16)6-13(3)7-15/h12-13H,4-11H2,1-3H3. The third kappa shape index (κ3) is 2.39. The van der Waals surface area contributed by atoms with Gasteiger partial charge in [-0.25, -0.2) is 0 Å². The lowest BCUT2D eigenvalue weighted by Crippen LogP contribution is -2.62. The van der Waals surface area contributed by atoms with Gasteiger partial charge < -0.3 is 9.64 Å². The molecular formula is C15H27NO. The Morgan fingerprint density at radius 1 is 1.24 bits per heavy atom. The molecule has 0 unspecified atom stereocenters.